The van der Waals surface area contributed by atoms with E-state index >= 15 is 0 Å². The third-order valence-electron chi connectivity index (χ3n) is 3.42. The van der Waals surface area contributed by atoms with Gasteiger partial charge in [0.1, 0.15) is 0 Å². The Labute approximate surface area is 96.9 Å². The summed E-state index contributed by atoms with van der Waals surface area (Å²) in [6, 6.07) is 10.9. The van der Waals surface area contributed by atoms with Crippen molar-refractivity contribution in [1.82, 2.24) is 0 Å². The number of fused-ring (bicyclic) bond motifs is 1. The maximum atomic E-state index is 9.40. The Bertz CT molecular complexity index is 380. The van der Waals surface area contributed by atoms with Crippen molar-refractivity contribution in [2.24, 2.45) is 5.41 Å². The van der Waals surface area contributed by atoms with Crippen LogP contribution in [0.2, 0.25) is 0 Å². The fourth-order valence-corrected chi connectivity index (χ4v) is 2.56. The Morgan fingerprint density at radius 3 is 2.44 bits per heavy atom. The van der Waals surface area contributed by atoms with Gasteiger partial charge in [0.15, 0.2) is 0 Å². The molecule has 1 aliphatic carbocycles. The minimum atomic E-state index is -0.178. The van der Waals surface area contributed by atoms with Crippen molar-refractivity contribution in [3.8, 4) is 6.07 Å². The minimum Gasteiger partial charge on any atom is -0.385 e. The highest BCUT2D eigenvalue weighted by Crippen LogP contribution is 2.39. The van der Waals surface area contributed by atoms with Gasteiger partial charge in [-0.1, -0.05) is 24.3 Å². The number of rotatable bonds is 4. The summed E-state index contributed by atoms with van der Waals surface area (Å²) in [7, 11) is 1.71. The summed E-state index contributed by atoms with van der Waals surface area (Å²) in [5.41, 5.74) is 2.52. The van der Waals surface area contributed by atoms with E-state index in [0.29, 0.717) is 0 Å². The van der Waals surface area contributed by atoms with E-state index in [-0.39, 0.29) is 5.41 Å². The van der Waals surface area contributed by atoms with Crippen molar-refractivity contribution in [3.63, 3.8) is 0 Å². The average Bonchev–Trinajstić information content (AvgIpc) is 2.68. The molecule has 1 aromatic rings. The Morgan fingerprint density at radius 1 is 1.31 bits per heavy atom. The van der Waals surface area contributed by atoms with Crippen LogP contribution in [0.15, 0.2) is 24.3 Å². The molecule has 0 bridgehead atoms. The molecule has 0 N–H and O–H groups in total. The first-order chi connectivity index (χ1) is 7.79. The van der Waals surface area contributed by atoms with E-state index in [2.05, 4.69) is 30.3 Å². The lowest BCUT2D eigenvalue weighted by Gasteiger charge is -2.19. The summed E-state index contributed by atoms with van der Waals surface area (Å²) in [4.78, 5) is 0. The van der Waals surface area contributed by atoms with Gasteiger partial charge in [0.05, 0.1) is 11.5 Å². The molecule has 0 saturated carbocycles. The van der Waals surface area contributed by atoms with Crippen LogP contribution >= 0.6 is 0 Å². The molecule has 0 amide bonds. The van der Waals surface area contributed by atoms with E-state index < -0.39 is 0 Å². The van der Waals surface area contributed by atoms with Crippen LogP contribution in [-0.4, -0.2) is 13.7 Å². The van der Waals surface area contributed by atoms with Gasteiger partial charge >= 0.3 is 0 Å². The first kappa shape index (κ1) is 11.2. The van der Waals surface area contributed by atoms with Gasteiger partial charge in [-0.3, -0.25) is 0 Å². The number of methoxy groups -OCH3 is 1. The Hall–Kier alpha value is -1.33. The summed E-state index contributed by atoms with van der Waals surface area (Å²) in [5.74, 6) is 0. The molecule has 0 aromatic heterocycles. The van der Waals surface area contributed by atoms with Crippen LogP contribution in [-0.2, 0) is 17.6 Å². The maximum absolute atomic E-state index is 9.40. The smallest absolute Gasteiger partial charge is 0.0696 e. The highest BCUT2D eigenvalue weighted by atomic mass is 16.5. The van der Waals surface area contributed by atoms with Crippen molar-refractivity contribution in [3.05, 3.63) is 35.4 Å². The fraction of sp³-hybridized carbons (Fsp3) is 0.500. The molecular weight excluding hydrogens is 198 g/mol. The predicted molar refractivity (Wildman–Crippen MR) is 63.0 cm³/mol. The van der Waals surface area contributed by atoms with E-state index in [9.17, 15) is 5.26 Å². The quantitative estimate of drug-likeness (QED) is 0.723. The SMILES string of the molecule is COCCCC1(C#N)Cc2ccccc2C1. The van der Waals surface area contributed by atoms with Gasteiger partial charge in [0, 0.05) is 13.7 Å². The second-order valence-corrected chi connectivity index (χ2v) is 4.61. The molecule has 16 heavy (non-hydrogen) atoms. The van der Waals surface area contributed by atoms with Gasteiger partial charge in [-0.05, 0) is 36.8 Å². The lowest BCUT2D eigenvalue weighted by atomic mass is 9.82. The molecule has 2 heteroatoms. The summed E-state index contributed by atoms with van der Waals surface area (Å²) < 4.78 is 5.06. The Balaban J connectivity index is 2.08. The first-order valence-electron chi connectivity index (χ1n) is 5.77. The largest absolute Gasteiger partial charge is 0.385 e. The van der Waals surface area contributed by atoms with Gasteiger partial charge in [-0.2, -0.15) is 5.26 Å². The minimum absolute atomic E-state index is 0.178. The van der Waals surface area contributed by atoms with Crippen LogP contribution in [0.1, 0.15) is 24.0 Å². The topological polar surface area (TPSA) is 33.0 Å². The molecule has 1 aromatic carbocycles. The van der Waals surface area contributed by atoms with Gasteiger partial charge in [-0.25, -0.2) is 0 Å². The van der Waals surface area contributed by atoms with Crippen molar-refractivity contribution in [2.75, 3.05) is 13.7 Å². The number of hydrogen-bond acceptors (Lipinski definition) is 2. The van der Waals surface area contributed by atoms with Gasteiger partial charge in [0.25, 0.3) is 0 Å². The molecule has 0 aliphatic heterocycles. The van der Waals surface area contributed by atoms with Crippen LogP contribution < -0.4 is 0 Å². The van der Waals surface area contributed by atoms with E-state index in [0.717, 1.165) is 32.3 Å². The predicted octanol–water partition coefficient (Wildman–Crippen LogP) is 2.72. The molecule has 0 spiro atoms. The lowest BCUT2D eigenvalue weighted by Crippen LogP contribution is -2.19. The highest BCUT2D eigenvalue weighted by molar-refractivity contribution is 5.36. The maximum Gasteiger partial charge on any atom is 0.0696 e. The summed E-state index contributed by atoms with van der Waals surface area (Å²) in [6.45, 7) is 0.750. The number of nitrogens with zero attached hydrogens (tertiary/aromatic N) is 1. The highest BCUT2D eigenvalue weighted by Gasteiger charge is 2.36. The standard InChI is InChI=1S/C14H17NO/c1-16-8-4-7-14(11-15)9-12-5-2-3-6-13(12)10-14/h2-3,5-6H,4,7-10H2,1H3. The summed E-state index contributed by atoms with van der Waals surface area (Å²) in [5, 5.41) is 9.40. The second kappa shape index (κ2) is 4.67. The lowest BCUT2D eigenvalue weighted by molar-refractivity contribution is 0.180. The third-order valence-corrected chi connectivity index (χ3v) is 3.42. The molecule has 0 radical (unpaired) electrons. The zero-order valence-corrected chi connectivity index (χ0v) is 9.70. The molecule has 0 heterocycles. The van der Waals surface area contributed by atoms with E-state index in [1.165, 1.54) is 11.1 Å². The normalized spacial score (nSPS) is 16.8. The molecule has 0 fully saturated rings. The first-order valence-corrected chi connectivity index (χ1v) is 5.77. The van der Waals surface area contributed by atoms with Crippen molar-refractivity contribution < 1.29 is 4.74 Å². The van der Waals surface area contributed by atoms with Crippen LogP contribution in [0.4, 0.5) is 0 Å². The number of hydrogen-bond donors (Lipinski definition) is 0. The molecule has 2 nitrogen and oxygen atoms in total. The summed E-state index contributed by atoms with van der Waals surface area (Å²) >= 11 is 0. The van der Waals surface area contributed by atoms with Crippen LogP contribution in [0, 0.1) is 16.7 Å². The average molecular weight is 215 g/mol. The van der Waals surface area contributed by atoms with Crippen molar-refractivity contribution >= 4 is 0 Å². The summed E-state index contributed by atoms with van der Waals surface area (Å²) in [6.07, 6.45) is 3.72. The van der Waals surface area contributed by atoms with Gasteiger partial charge in [0.2, 0.25) is 0 Å². The van der Waals surface area contributed by atoms with Crippen molar-refractivity contribution in [1.29, 1.82) is 5.26 Å². The Morgan fingerprint density at radius 2 is 1.94 bits per heavy atom. The molecule has 0 atom stereocenters. The van der Waals surface area contributed by atoms with E-state index in [4.69, 9.17) is 4.74 Å². The van der Waals surface area contributed by atoms with Crippen LogP contribution in [0.5, 0.6) is 0 Å². The van der Waals surface area contributed by atoms with E-state index in [1.54, 1.807) is 7.11 Å². The number of ether oxygens (including phenoxy) is 1. The van der Waals surface area contributed by atoms with Gasteiger partial charge < -0.3 is 4.74 Å². The van der Waals surface area contributed by atoms with Crippen molar-refractivity contribution in [2.45, 2.75) is 25.7 Å². The number of benzene rings is 1. The second-order valence-electron chi connectivity index (χ2n) is 4.61. The zero-order valence-electron chi connectivity index (χ0n) is 9.70. The third kappa shape index (κ3) is 2.10. The monoisotopic (exact) mass is 215 g/mol. The van der Waals surface area contributed by atoms with E-state index in [1.807, 2.05) is 0 Å². The fourth-order valence-electron chi connectivity index (χ4n) is 2.56. The molecule has 0 unspecified atom stereocenters. The molecule has 2 rings (SSSR count). The molecule has 0 saturated heterocycles. The van der Waals surface area contributed by atoms with Crippen LogP contribution in [0.3, 0.4) is 0 Å². The molecular formula is C14H17NO. The number of nitriles is 1. The van der Waals surface area contributed by atoms with Gasteiger partial charge in [-0.15, -0.1) is 0 Å². The van der Waals surface area contributed by atoms with Crippen LogP contribution in [0.25, 0.3) is 0 Å². The molecule has 1 aliphatic rings. The zero-order chi connectivity index (χ0) is 11.4. The molecule has 84 valence electrons. The Kier molecular flexibility index (Phi) is 3.26.